The molecule has 178 valence electrons. The van der Waals surface area contributed by atoms with E-state index in [2.05, 4.69) is 20.5 Å². The van der Waals surface area contributed by atoms with Gasteiger partial charge in [0.1, 0.15) is 31.4 Å². The zero-order chi connectivity index (χ0) is 24.1. The summed E-state index contributed by atoms with van der Waals surface area (Å²) < 4.78 is 51.7. The molecule has 0 radical (unpaired) electrons. The summed E-state index contributed by atoms with van der Waals surface area (Å²) in [4.78, 5) is 4.21. The number of pyridine rings is 1. The summed E-state index contributed by atoms with van der Waals surface area (Å²) in [5.41, 5.74) is 3.73. The second-order valence-electron chi connectivity index (χ2n) is 7.54. The lowest BCUT2D eigenvalue weighted by atomic mass is 10.2. The van der Waals surface area contributed by atoms with Crippen molar-refractivity contribution in [2.24, 2.45) is 0 Å². The average Bonchev–Trinajstić information content (AvgIpc) is 3.20. The fourth-order valence-corrected chi connectivity index (χ4v) is 3.67. The molecule has 9 nitrogen and oxygen atoms in total. The van der Waals surface area contributed by atoms with Gasteiger partial charge in [-0.05, 0) is 48.4 Å². The van der Waals surface area contributed by atoms with Crippen molar-refractivity contribution in [3.63, 3.8) is 0 Å². The number of aromatic nitrogens is 3. The number of anilines is 2. The van der Waals surface area contributed by atoms with Gasteiger partial charge in [0.05, 0.1) is 35.2 Å². The first kappa shape index (κ1) is 23.5. The number of hydrogen-bond acceptors (Lipinski definition) is 8. The van der Waals surface area contributed by atoms with Crippen LogP contribution in [0.1, 0.15) is 11.1 Å². The largest absolute Gasteiger partial charge is 0.489 e. The first-order chi connectivity index (χ1) is 16.3. The Morgan fingerprint density at radius 3 is 2.71 bits per heavy atom. The van der Waals surface area contributed by atoms with E-state index < -0.39 is 10.1 Å². The number of hydrogen-bond donors (Lipinski definition) is 2. The van der Waals surface area contributed by atoms with Crippen LogP contribution in [0, 0.1) is 12.7 Å². The number of nitrogens with one attached hydrogen (secondary N) is 2. The molecule has 11 heteroatoms. The first-order valence-electron chi connectivity index (χ1n) is 10.3. The molecule has 34 heavy (non-hydrogen) atoms. The molecular weight excluding hydrogens is 463 g/mol. The van der Waals surface area contributed by atoms with Gasteiger partial charge in [0.15, 0.2) is 0 Å². The molecule has 4 rings (SSSR count). The van der Waals surface area contributed by atoms with E-state index in [0.717, 1.165) is 23.1 Å². The number of H-pyrrole nitrogens is 1. The average molecular weight is 487 g/mol. The molecule has 0 spiro atoms. The van der Waals surface area contributed by atoms with Crippen LogP contribution in [0.4, 0.5) is 15.8 Å². The number of rotatable bonds is 10. The summed E-state index contributed by atoms with van der Waals surface area (Å²) in [5.74, 6) is 0.679. The van der Waals surface area contributed by atoms with Crippen molar-refractivity contribution in [3.05, 3.63) is 71.8 Å². The van der Waals surface area contributed by atoms with E-state index in [4.69, 9.17) is 13.7 Å². The highest BCUT2D eigenvalue weighted by Gasteiger charge is 2.14. The lowest BCUT2D eigenvalue weighted by Crippen LogP contribution is -2.11. The normalized spacial score (nSPS) is 11.5. The van der Waals surface area contributed by atoms with Crippen LogP contribution in [0.5, 0.6) is 11.6 Å². The predicted molar refractivity (Wildman–Crippen MR) is 125 cm³/mol. The van der Waals surface area contributed by atoms with Gasteiger partial charge >= 0.3 is 0 Å². The number of benzene rings is 2. The van der Waals surface area contributed by atoms with Gasteiger partial charge in [0.2, 0.25) is 5.88 Å². The number of aryl methyl sites for hydroxylation is 1. The van der Waals surface area contributed by atoms with Gasteiger partial charge in [-0.2, -0.15) is 8.42 Å². The maximum Gasteiger partial charge on any atom is 0.264 e. The van der Waals surface area contributed by atoms with Gasteiger partial charge in [0, 0.05) is 5.69 Å². The number of halogens is 1. The van der Waals surface area contributed by atoms with Crippen LogP contribution in [0.2, 0.25) is 0 Å². The number of aromatic amines is 1. The van der Waals surface area contributed by atoms with E-state index in [9.17, 15) is 12.8 Å². The zero-order valence-corrected chi connectivity index (χ0v) is 19.4. The molecule has 0 saturated heterocycles. The van der Waals surface area contributed by atoms with Gasteiger partial charge in [-0.1, -0.05) is 12.1 Å². The Labute approximate surface area is 196 Å². The van der Waals surface area contributed by atoms with Crippen molar-refractivity contribution in [2.75, 3.05) is 24.8 Å². The molecule has 0 bridgehead atoms. The minimum absolute atomic E-state index is 0.00520. The molecule has 4 aromatic rings. The summed E-state index contributed by atoms with van der Waals surface area (Å²) >= 11 is 0. The second kappa shape index (κ2) is 10.1. The molecule has 2 N–H and O–H groups in total. The number of ether oxygens (including phenoxy) is 2. The molecule has 0 aliphatic rings. The van der Waals surface area contributed by atoms with E-state index in [1.54, 1.807) is 24.5 Å². The van der Waals surface area contributed by atoms with E-state index in [1.807, 2.05) is 25.1 Å². The molecular formula is C23H23FN4O5S. The fourth-order valence-electron chi connectivity index (χ4n) is 3.30. The molecule has 2 aromatic heterocycles. The SMILES string of the molecule is Cc1cc(Nc2cncc3[nH]nc(OCCOS(C)(=O)=O)c23)ccc1OCc1cccc(F)c1. The van der Waals surface area contributed by atoms with Gasteiger partial charge in [-0.15, -0.1) is 5.10 Å². The van der Waals surface area contributed by atoms with Gasteiger partial charge in [0.25, 0.3) is 10.1 Å². The van der Waals surface area contributed by atoms with Crippen molar-refractivity contribution < 1.29 is 26.5 Å². The molecule has 2 heterocycles. The summed E-state index contributed by atoms with van der Waals surface area (Å²) in [5, 5.41) is 11.0. The van der Waals surface area contributed by atoms with Crippen LogP contribution in [-0.2, 0) is 20.9 Å². The molecule has 0 unspecified atom stereocenters. The summed E-state index contributed by atoms with van der Waals surface area (Å²) in [6.07, 6.45) is 4.23. The zero-order valence-electron chi connectivity index (χ0n) is 18.5. The number of fused-ring (bicyclic) bond motifs is 1. The van der Waals surface area contributed by atoms with Crippen molar-refractivity contribution >= 4 is 32.4 Å². The van der Waals surface area contributed by atoms with Crippen molar-refractivity contribution in [3.8, 4) is 11.6 Å². The monoisotopic (exact) mass is 486 g/mol. The Balaban J connectivity index is 1.46. The molecule has 2 aromatic carbocycles. The quantitative estimate of drug-likeness (QED) is 0.254. The highest BCUT2D eigenvalue weighted by Crippen LogP contribution is 2.32. The summed E-state index contributed by atoms with van der Waals surface area (Å²) in [6.45, 7) is 2.05. The minimum Gasteiger partial charge on any atom is -0.489 e. The lowest BCUT2D eigenvalue weighted by molar-refractivity contribution is 0.218. The van der Waals surface area contributed by atoms with Crippen LogP contribution in [-0.4, -0.2) is 43.1 Å². The summed E-state index contributed by atoms with van der Waals surface area (Å²) in [7, 11) is -3.54. The Morgan fingerprint density at radius 2 is 1.94 bits per heavy atom. The second-order valence-corrected chi connectivity index (χ2v) is 9.18. The van der Waals surface area contributed by atoms with Crippen LogP contribution >= 0.6 is 0 Å². The van der Waals surface area contributed by atoms with Crippen LogP contribution in [0.15, 0.2) is 54.9 Å². The lowest BCUT2D eigenvalue weighted by Gasteiger charge is -2.13. The Hall–Kier alpha value is -3.70. The Kier molecular flexibility index (Phi) is 6.94. The van der Waals surface area contributed by atoms with E-state index in [1.165, 1.54) is 12.1 Å². The van der Waals surface area contributed by atoms with Crippen LogP contribution < -0.4 is 14.8 Å². The molecule has 0 fully saturated rings. The smallest absolute Gasteiger partial charge is 0.264 e. The third-order valence-electron chi connectivity index (χ3n) is 4.79. The summed E-state index contributed by atoms with van der Waals surface area (Å²) in [6, 6.07) is 11.9. The minimum atomic E-state index is -3.54. The third kappa shape index (κ3) is 6.00. The van der Waals surface area contributed by atoms with Crippen molar-refractivity contribution in [2.45, 2.75) is 13.5 Å². The van der Waals surface area contributed by atoms with Crippen molar-refractivity contribution in [1.82, 2.24) is 15.2 Å². The molecule has 0 atom stereocenters. The maximum absolute atomic E-state index is 13.4. The third-order valence-corrected chi connectivity index (χ3v) is 5.39. The van der Waals surface area contributed by atoms with E-state index in [0.29, 0.717) is 28.2 Å². The molecule has 0 aliphatic carbocycles. The highest BCUT2D eigenvalue weighted by atomic mass is 32.2. The number of nitrogens with zero attached hydrogens (tertiary/aromatic N) is 2. The topological polar surface area (TPSA) is 115 Å². The Bertz CT molecular complexity index is 1410. The molecule has 0 amide bonds. The fraction of sp³-hybridized carbons (Fsp3) is 0.217. The standard InChI is InChI=1S/C23H23FN4O5S/c1-15-10-18(6-7-21(15)32-14-16-4-3-5-17(24)11-16)26-19-12-25-13-20-22(19)23(28-27-20)31-8-9-33-34(2,29)30/h3-7,10-13,26H,8-9,14H2,1-2H3,(H,27,28). The van der Waals surface area contributed by atoms with E-state index in [-0.39, 0.29) is 25.6 Å². The Morgan fingerprint density at radius 1 is 1.09 bits per heavy atom. The van der Waals surface area contributed by atoms with Gasteiger partial charge < -0.3 is 14.8 Å². The van der Waals surface area contributed by atoms with E-state index >= 15 is 0 Å². The molecule has 0 saturated carbocycles. The van der Waals surface area contributed by atoms with Crippen LogP contribution in [0.3, 0.4) is 0 Å². The predicted octanol–water partition coefficient (Wildman–Crippen LogP) is 4.08. The van der Waals surface area contributed by atoms with Gasteiger partial charge in [-0.3, -0.25) is 14.3 Å². The highest BCUT2D eigenvalue weighted by molar-refractivity contribution is 7.85. The molecule has 0 aliphatic heterocycles. The van der Waals surface area contributed by atoms with Crippen molar-refractivity contribution in [1.29, 1.82) is 0 Å². The van der Waals surface area contributed by atoms with Gasteiger partial charge in [-0.25, -0.2) is 4.39 Å². The first-order valence-corrected chi connectivity index (χ1v) is 12.1. The van der Waals surface area contributed by atoms with Crippen LogP contribution in [0.25, 0.3) is 10.9 Å². The maximum atomic E-state index is 13.4.